The van der Waals surface area contributed by atoms with Gasteiger partial charge in [-0.2, -0.15) is 0 Å². The van der Waals surface area contributed by atoms with Crippen LogP contribution in [0.25, 0.3) is 11.5 Å². The van der Waals surface area contributed by atoms with Gasteiger partial charge in [-0.25, -0.2) is 0 Å². The molecule has 2 aromatic rings. The normalized spacial score (nSPS) is 14.8. The number of aromatic nitrogens is 2. The van der Waals surface area contributed by atoms with Gasteiger partial charge in [-0.05, 0) is 66.6 Å². The predicted molar refractivity (Wildman–Crippen MR) is 81.8 cm³/mol. The fourth-order valence-corrected chi connectivity index (χ4v) is 2.47. The van der Waals surface area contributed by atoms with Gasteiger partial charge >= 0.3 is 0 Å². The number of aryl methyl sites for hydroxylation is 1. The summed E-state index contributed by atoms with van der Waals surface area (Å²) in [5.41, 5.74) is 0.988. The first-order chi connectivity index (χ1) is 9.31. The molecule has 5 heteroatoms. The van der Waals surface area contributed by atoms with E-state index < -0.39 is 0 Å². The molecule has 1 aliphatic rings. The molecule has 3 rings (SSSR count). The molecular weight excluding hydrogens is 353 g/mol. The van der Waals surface area contributed by atoms with Crippen molar-refractivity contribution >= 4 is 22.6 Å². The molecule has 1 N–H and O–H groups in total. The lowest BCUT2D eigenvalue weighted by Gasteiger charge is -1.99. The zero-order chi connectivity index (χ0) is 13.1. The minimum atomic E-state index is 0.615. The molecule has 0 saturated heterocycles. The molecule has 1 saturated carbocycles. The zero-order valence-electron chi connectivity index (χ0n) is 10.6. The van der Waals surface area contributed by atoms with Crippen molar-refractivity contribution in [1.29, 1.82) is 0 Å². The lowest BCUT2D eigenvalue weighted by molar-refractivity contribution is 0.491. The Kier molecular flexibility index (Phi) is 4.12. The van der Waals surface area contributed by atoms with Crippen LogP contribution in [0, 0.1) is 3.57 Å². The Hall–Kier alpha value is -0.950. The van der Waals surface area contributed by atoms with E-state index in [1.807, 2.05) is 24.3 Å². The maximum absolute atomic E-state index is 5.69. The van der Waals surface area contributed by atoms with E-state index in [1.165, 1.54) is 16.4 Å². The van der Waals surface area contributed by atoms with Crippen LogP contribution >= 0.6 is 22.6 Å². The Morgan fingerprint density at radius 1 is 1.32 bits per heavy atom. The van der Waals surface area contributed by atoms with Crippen LogP contribution in [0.2, 0.25) is 0 Å². The minimum Gasteiger partial charge on any atom is -0.421 e. The summed E-state index contributed by atoms with van der Waals surface area (Å²) in [6.07, 6.45) is 4.55. The fraction of sp³-hybridized carbons (Fsp3) is 0.429. The second-order valence-corrected chi connectivity index (χ2v) is 6.09. The summed E-state index contributed by atoms with van der Waals surface area (Å²) in [6.45, 7) is 1.03. The molecule has 100 valence electrons. The Bertz CT molecular complexity index is 551. The van der Waals surface area contributed by atoms with Crippen LogP contribution in [0.1, 0.15) is 25.2 Å². The number of nitrogens with one attached hydrogen (secondary N) is 1. The smallest absolute Gasteiger partial charge is 0.247 e. The van der Waals surface area contributed by atoms with Gasteiger partial charge in [-0.15, -0.1) is 10.2 Å². The summed E-state index contributed by atoms with van der Waals surface area (Å²) < 4.78 is 6.86. The molecule has 1 fully saturated rings. The van der Waals surface area contributed by atoms with Gasteiger partial charge in [0.25, 0.3) is 0 Å². The molecule has 1 aromatic heterocycles. The van der Waals surface area contributed by atoms with E-state index in [0.29, 0.717) is 5.89 Å². The highest BCUT2D eigenvalue weighted by molar-refractivity contribution is 14.1. The van der Waals surface area contributed by atoms with Gasteiger partial charge in [-0.1, -0.05) is 6.07 Å². The second kappa shape index (κ2) is 6.00. The van der Waals surface area contributed by atoms with Crippen LogP contribution in [0.15, 0.2) is 28.7 Å². The van der Waals surface area contributed by atoms with Crippen molar-refractivity contribution in [1.82, 2.24) is 15.5 Å². The summed E-state index contributed by atoms with van der Waals surface area (Å²) in [7, 11) is 0. The molecule has 1 aliphatic carbocycles. The lowest BCUT2D eigenvalue weighted by Crippen LogP contribution is -2.17. The van der Waals surface area contributed by atoms with Gasteiger partial charge in [0.2, 0.25) is 11.8 Å². The van der Waals surface area contributed by atoms with E-state index in [9.17, 15) is 0 Å². The van der Waals surface area contributed by atoms with Gasteiger partial charge in [0.05, 0.1) is 0 Å². The van der Waals surface area contributed by atoms with Gasteiger partial charge in [0, 0.05) is 21.6 Å². The van der Waals surface area contributed by atoms with Crippen molar-refractivity contribution < 1.29 is 4.42 Å². The third-order valence-corrected chi connectivity index (χ3v) is 3.79. The van der Waals surface area contributed by atoms with Crippen molar-refractivity contribution in [2.45, 2.75) is 31.7 Å². The highest BCUT2D eigenvalue weighted by Crippen LogP contribution is 2.21. The summed E-state index contributed by atoms with van der Waals surface area (Å²) in [5, 5.41) is 11.7. The third-order valence-electron chi connectivity index (χ3n) is 3.12. The molecule has 0 bridgehead atoms. The van der Waals surface area contributed by atoms with E-state index in [0.717, 1.165) is 36.9 Å². The highest BCUT2D eigenvalue weighted by Gasteiger charge is 2.19. The summed E-state index contributed by atoms with van der Waals surface area (Å²) in [4.78, 5) is 0. The third kappa shape index (κ3) is 3.76. The van der Waals surface area contributed by atoms with E-state index in [2.05, 4.69) is 38.1 Å². The molecule has 19 heavy (non-hydrogen) atoms. The topological polar surface area (TPSA) is 51.0 Å². The Balaban J connectivity index is 1.56. The molecule has 0 spiro atoms. The van der Waals surface area contributed by atoms with Crippen LogP contribution in [-0.4, -0.2) is 22.8 Å². The monoisotopic (exact) mass is 369 g/mol. The highest BCUT2D eigenvalue weighted by atomic mass is 127. The van der Waals surface area contributed by atoms with Crippen LogP contribution in [0.5, 0.6) is 0 Å². The van der Waals surface area contributed by atoms with Crippen molar-refractivity contribution in [2.24, 2.45) is 0 Å². The Morgan fingerprint density at radius 2 is 2.21 bits per heavy atom. The predicted octanol–water partition coefficient (Wildman–Crippen LogP) is 3.03. The number of benzene rings is 1. The van der Waals surface area contributed by atoms with Crippen LogP contribution in [-0.2, 0) is 6.42 Å². The van der Waals surface area contributed by atoms with Crippen molar-refractivity contribution in [3.63, 3.8) is 0 Å². The molecule has 0 atom stereocenters. The second-order valence-electron chi connectivity index (χ2n) is 4.84. The van der Waals surface area contributed by atoms with Gasteiger partial charge in [-0.3, -0.25) is 0 Å². The molecule has 1 aromatic carbocycles. The Labute approximate surface area is 126 Å². The largest absolute Gasteiger partial charge is 0.421 e. The van der Waals surface area contributed by atoms with Crippen LogP contribution in [0.3, 0.4) is 0 Å². The summed E-state index contributed by atoms with van der Waals surface area (Å²) in [6, 6.07) is 8.86. The van der Waals surface area contributed by atoms with Gasteiger partial charge < -0.3 is 9.73 Å². The number of nitrogens with zero attached hydrogens (tertiary/aromatic N) is 2. The molecule has 4 nitrogen and oxygen atoms in total. The number of hydrogen-bond acceptors (Lipinski definition) is 4. The molecule has 0 amide bonds. The standard InChI is InChI=1S/C14H16IN3O/c15-11-4-1-3-10(9-11)14-18-17-13(19-14)5-2-8-16-12-6-7-12/h1,3-4,9,12,16H,2,5-8H2. The van der Waals surface area contributed by atoms with Gasteiger partial charge in [0.15, 0.2) is 0 Å². The quantitative estimate of drug-likeness (QED) is 0.628. The molecule has 0 unspecified atom stereocenters. The van der Waals surface area contributed by atoms with E-state index in [1.54, 1.807) is 0 Å². The number of halogens is 1. The van der Waals surface area contributed by atoms with Crippen molar-refractivity contribution in [2.75, 3.05) is 6.54 Å². The van der Waals surface area contributed by atoms with Crippen LogP contribution < -0.4 is 5.32 Å². The van der Waals surface area contributed by atoms with Gasteiger partial charge in [0.1, 0.15) is 0 Å². The average molecular weight is 369 g/mol. The van der Waals surface area contributed by atoms with E-state index in [-0.39, 0.29) is 0 Å². The van der Waals surface area contributed by atoms with Crippen molar-refractivity contribution in [3.8, 4) is 11.5 Å². The average Bonchev–Trinajstić information content (AvgIpc) is 3.11. The first kappa shape index (κ1) is 13.1. The minimum absolute atomic E-state index is 0.615. The molecular formula is C14H16IN3O. The van der Waals surface area contributed by atoms with E-state index >= 15 is 0 Å². The molecule has 0 radical (unpaired) electrons. The van der Waals surface area contributed by atoms with E-state index in [4.69, 9.17) is 4.42 Å². The first-order valence-corrected chi connectivity index (χ1v) is 7.71. The maximum Gasteiger partial charge on any atom is 0.247 e. The van der Waals surface area contributed by atoms with Crippen LogP contribution in [0.4, 0.5) is 0 Å². The summed E-state index contributed by atoms with van der Waals surface area (Å²) in [5.74, 6) is 1.34. The maximum atomic E-state index is 5.69. The number of hydrogen-bond donors (Lipinski definition) is 1. The summed E-state index contributed by atoms with van der Waals surface area (Å²) >= 11 is 2.28. The molecule has 0 aliphatic heterocycles. The lowest BCUT2D eigenvalue weighted by atomic mass is 10.2. The number of rotatable bonds is 6. The Morgan fingerprint density at radius 3 is 3.00 bits per heavy atom. The fourth-order valence-electron chi connectivity index (χ4n) is 1.93. The molecule has 1 heterocycles. The van der Waals surface area contributed by atoms with Crippen molar-refractivity contribution in [3.05, 3.63) is 33.7 Å². The SMILES string of the molecule is Ic1cccc(-c2nnc(CCCNC3CC3)o2)c1. The zero-order valence-corrected chi connectivity index (χ0v) is 12.8. The first-order valence-electron chi connectivity index (χ1n) is 6.63.